The summed E-state index contributed by atoms with van der Waals surface area (Å²) in [4.78, 5) is 0. The van der Waals surface area contributed by atoms with Gasteiger partial charge in [-0.3, -0.25) is 0 Å². The lowest BCUT2D eigenvalue weighted by molar-refractivity contribution is 0.133. The third-order valence-electron chi connectivity index (χ3n) is 3.35. The van der Waals surface area contributed by atoms with Crippen molar-refractivity contribution in [1.82, 2.24) is 0 Å². The van der Waals surface area contributed by atoms with Crippen molar-refractivity contribution in [2.24, 2.45) is 11.8 Å². The van der Waals surface area contributed by atoms with Crippen LogP contribution in [-0.2, 0) is 9.05 Å². The van der Waals surface area contributed by atoms with Crippen LogP contribution >= 0.6 is 10.7 Å². The minimum absolute atomic E-state index is 0.232. The maximum Gasteiger partial charge on any atom is 0.235 e. The number of hydrogen-bond acceptors (Lipinski definition) is 2. The van der Waals surface area contributed by atoms with Crippen molar-refractivity contribution in [2.45, 2.75) is 37.4 Å². The first-order valence-electron chi connectivity index (χ1n) is 4.51. The summed E-state index contributed by atoms with van der Waals surface area (Å²) < 4.78 is 21.7. The lowest BCUT2D eigenvalue weighted by atomic mass is 9.67. The fourth-order valence-electron chi connectivity index (χ4n) is 2.13. The molecule has 0 aliphatic heterocycles. The molecule has 0 amide bonds. The molecule has 2 nitrogen and oxygen atoms in total. The van der Waals surface area contributed by atoms with E-state index in [0.29, 0.717) is 5.92 Å². The Morgan fingerprint density at radius 2 is 1.67 bits per heavy atom. The fraction of sp³-hybridized carbons (Fsp3) is 1.00. The van der Waals surface area contributed by atoms with Crippen molar-refractivity contribution in [3.63, 3.8) is 0 Å². The Morgan fingerprint density at radius 1 is 1.08 bits per heavy atom. The third kappa shape index (κ3) is 1.49. The lowest BCUT2D eigenvalue weighted by Gasteiger charge is -2.42. The molecular weight excluding hydrogens is 196 g/mol. The zero-order valence-electron chi connectivity index (χ0n) is 6.87. The third-order valence-corrected chi connectivity index (χ3v) is 5.28. The van der Waals surface area contributed by atoms with E-state index in [4.69, 9.17) is 10.7 Å². The molecule has 2 rings (SSSR count). The summed E-state index contributed by atoms with van der Waals surface area (Å²) >= 11 is 0. The molecule has 2 aliphatic carbocycles. The van der Waals surface area contributed by atoms with E-state index in [0.717, 1.165) is 18.8 Å². The molecule has 0 atom stereocenters. The van der Waals surface area contributed by atoms with E-state index in [2.05, 4.69) is 0 Å². The summed E-state index contributed by atoms with van der Waals surface area (Å²) in [6, 6.07) is 0. The molecule has 0 aromatic carbocycles. The Morgan fingerprint density at radius 3 is 2.00 bits per heavy atom. The Hall–Kier alpha value is 0.240. The van der Waals surface area contributed by atoms with Crippen LogP contribution in [0.1, 0.15) is 32.1 Å². The Kier molecular flexibility index (Phi) is 2.11. The average molecular weight is 209 g/mol. The van der Waals surface area contributed by atoms with Crippen molar-refractivity contribution in [3.8, 4) is 0 Å². The minimum atomic E-state index is -3.24. The molecule has 0 spiro atoms. The summed E-state index contributed by atoms with van der Waals surface area (Å²) in [5.74, 6) is 1.48. The maximum absolute atomic E-state index is 10.9. The van der Waals surface area contributed by atoms with Gasteiger partial charge in [0.25, 0.3) is 0 Å². The highest BCUT2D eigenvalue weighted by Crippen LogP contribution is 2.46. The van der Waals surface area contributed by atoms with Crippen molar-refractivity contribution >= 4 is 19.7 Å². The highest BCUT2D eigenvalue weighted by molar-refractivity contribution is 8.14. The second-order valence-corrected chi connectivity index (χ2v) is 6.93. The molecule has 0 unspecified atom stereocenters. The van der Waals surface area contributed by atoms with E-state index in [-0.39, 0.29) is 5.25 Å². The van der Waals surface area contributed by atoms with Crippen molar-refractivity contribution in [2.75, 3.05) is 0 Å². The smallest absolute Gasteiger partial charge is 0.212 e. The molecule has 0 radical (unpaired) electrons. The molecule has 2 fully saturated rings. The zero-order valence-corrected chi connectivity index (χ0v) is 8.44. The molecule has 2 saturated carbocycles. The molecule has 70 valence electrons. The largest absolute Gasteiger partial charge is 0.235 e. The second kappa shape index (κ2) is 2.88. The molecule has 0 aromatic rings. The van der Waals surface area contributed by atoms with Gasteiger partial charge < -0.3 is 0 Å². The van der Waals surface area contributed by atoms with Crippen molar-refractivity contribution in [3.05, 3.63) is 0 Å². The van der Waals surface area contributed by atoms with Crippen LogP contribution in [0.15, 0.2) is 0 Å². The van der Waals surface area contributed by atoms with Gasteiger partial charge in [-0.05, 0) is 24.7 Å². The van der Waals surface area contributed by atoms with Crippen molar-refractivity contribution < 1.29 is 8.42 Å². The Labute approximate surface area is 77.7 Å². The van der Waals surface area contributed by atoms with Gasteiger partial charge in [0.05, 0.1) is 5.25 Å². The summed E-state index contributed by atoms with van der Waals surface area (Å²) in [5, 5.41) is -0.232. The Bertz CT molecular complexity index is 263. The molecule has 0 heterocycles. The van der Waals surface area contributed by atoms with Crippen LogP contribution in [0.2, 0.25) is 0 Å². The maximum atomic E-state index is 10.9. The van der Waals surface area contributed by atoms with Gasteiger partial charge >= 0.3 is 0 Å². The molecule has 2 aliphatic rings. The topological polar surface area (TPSA) is 34.1 Å². The van der Waals surface area contributed by atoms with Gasteiger partial charge in [-0.25, -0.2) is 8.42 Å². The van der Waals surface area contributed by atoms with E-state index < -0.39 is 9.05 Å². The van der Waals surface area contributed by atoms with Crippen LogP contribution < -0.4 is 0 Å². The van der Waals surface area contributed by atoms with Crippen LogP contribution in [0.4, 0.5) is 0 Å². The first-order valence-corrected chi connectivity index (χ1v) is 6.88. The van der Waals surface area contributed by atoms with E-state index >= 15 is 0 Å². The monoisotopic (exact) mass is 208 g/mol. The van der Waals surface area contributed by atoms with Gasteiger partial charge in [0.1, 0.15) is 0 Å². The molecule has 0 N–H and O–H groups in total. The van der Waals surface area contributed by atoms with Crippen LogP contribution in [0, 0.1) is 11.8 Å². The summed E-state index contributed by atoms with van der Waals surface area (Å²) in [5.41, 5.74) is 0. The van der Waals surface area contributed by atoms with Gasteiger partial charge in [-0.1, -0.05) is 19.3 Å². The van der Waals surface area contributed by atoms with Gasteiger partial charge in [-0.2, -0.15) is 0 Å². The van der Waals surface area contributed by atoms with Crippen molar-refractivity contribution in [1.29, 1.82) is 0 Å². The van der Waals surface area contributed by atoms with Crippen LogP contribution in [0.3, 0.4) is 0 Å². The first kappa shape index (κ1) is 8.82. The Balaban J connectivity index is 1.83. The van der Waals surface area contributed by atoms with Crippen LogP contribution in [0.5, 0.6) is 0 Å². The summed E-state index contributed by atoms with van der Waals surface area (Å²) in [6.45, 7) is 0. The summed E-state index contributed by atoms with van der Waals surface area (Å²) in [7, 11) is 1.99. The van der Waals surface area contributed by atoms with E-state index in [1.165, 1.54) is 19.3 Å². The standard InChI is InChI=1S/C8H13ClO2S/c9-12(10,11)8-4-7(5-8)6-2-1-3-6/h6-8H,1-5H2. The first-order chi connectivity index (χ1) is 5.57. The van der Waals surface area contributed by atoms with Gasteiger partial charge in [-0.15, -0.1) is 0 Å². The normalized spacial score (nSPS) is 37.1. The van der Waals surface area contributed by atoms with Crippen LogP contribution in [0.25, 0.3) is 0 Å². The lowest BCUT2D eigenvalue weighted by Crippen LogP contribution is -2.39. The van der Waals surface area contributed by atoms with E-state index in [9.17, 15) is 8.42 Å². The number of hydrogen-bond donors (Lipinski definition) is 0. The highest BCUT2D eigenvalue weighted by atomic mass is 35.7. The molecule has 12 heavy (non-hydrogen) atoms. The number of halogens is 1. The molecular formula is C8H13ClO2S. The van der Waals surface area contributed by atoms with Gasteiger partial charge in [0, 0.05) is 10.7 Å². The van der Waals surface area contributed by atoms with Gasteiger partial charge in [0.2, 0.25) is 9.05 Å². The average Bonchev–Trinajstić information content (AvgIpc) is 1.67. The molecule has 0 saturated heterocycles. The molecule has 0 bridgehead atoms. The second-order valence-electron chi connectivity index (χ2n) is 4.02. The minimum Gasteiger partial charge on any atom is -0.212 e. The predicted molar refractivity (Wildman–Crippen MR) is 48.6 cm³/mol. The molecule has 4 heteroatoms. The zero-order chi connectivity index (χ0) is 8.77. The van der Waals surface area contributed by atoms with Gasteiger partial charge in [0.15, 0.2) is 0 Å². The highest BCUT2D eigenvalue weighted by Gasteiger charge is 2.42. The van der Waals surface area contributed by atoms with E-state index in [1.54, 1.807) is 0 Å². The fourth-order valence-corrected chi connectivity index (χ4v) is 3.52. The molecule has 0 aromatic heterocycles. The number of rotatable bonds is 2. The summed E-state index contributed by atoms with van der Waals surface area (Å²) in [6.07, 6.45) is 5.58. The predicted octanol–water partition coefficient (Wildman–Crippen LogP) is 2.13. The quantitative estimate of drug-likeness (QED) is 0.652. The SMILES string of the molecule is O=S(=O)(Cl)C1CC(C2CCC2)C1. The van der Waals surface area contributed by atoms with E-state index in [1.807, 2.05) is 0 Å². The van der Waals surface area contributed by atoms with Crippen LogP contribution in [-0.4, -0.2) is 13.7 Å².